The minimum absolute atomic E-state index is 0.0815. The molecule has 1 atom stereocenters. The summed E-state index contributed by atoms with van der Waals surface area (Å²) in [6, 6.07) is 16.9. The van der Waals surface area contributed by atoms with Gasteiger partial charge in [0.15, 0.2) is 5.76 Å². The van der Waals surface area contributed by atoms with E-state index < -0.39 is 6.04 Å². The second-order valence-corrected chi connectivity index (χ2v) is 7.48. The van der Waals surface area contributed by atoms with Gasteiger partial charge in [0.25, 0.3) is 5.91 Å². The van der Waals surface area contributed by atoms with Crippen LogP contribution in [0.15, 0.2) is 75.8 Å². The molecule has 3 amide bonds. The summed E-state index contributed by atoms with van der Waals surface area (Å²) in [5, 5.41) is 8.32. The fourth-order valence-corrected chi connectivity index (χ4v) is 3.09. The van der Waals surface area contributed by atoms with Crippen molar-refractivity contribution >= 4 is 45.0 Å². The maximum atomic E-state index is 12.5. The Morgan fingerprint density at radius 1 is 0.933 bits per heavy atom. The van der Waals surface area contributed by atoms with Crippen molar-refractivity contribution in [3.8, 4) is 0 Å². The van der Waals surface area contributed by atoms with Crippen molar-refractivity contribution in [3.63, 3.8) is 0 Å². The van der Waals surface area contributed by atoms with E-state index in [0.29, 0.717) is 11.4 Å². The Balaban J connectivity index is 1.60. The number of nitrogens with one attached hydrogen (secondary N) is 3. The van der Waals surface area contributed by atoms with Crippen molar-refractivity contribution in [3.05, 3.63) is 82.7 Å². The van der Waals surface area contributed by atoms with Crippen molar-refractivity contribution in [2.24, 2.45) is 0 Å². The number of hydrogen-bond acceptors (Lipinski definition) is 4. The first-order valence-electron chi connectivity index (χ1n) is 9.18. The van der Waals surface area contributed by atoms with Crippen LogP contribution in [0.4, 0.5) is 11.4 Å². The molecular weight excluding hydrogens is 450 g/mol. The number of benzene rings is 2. The number of furan rings is 1. The van der Waals surface area contributed by atoms with Gasteiger partial charge in [0.05, 0.1) is 18.7 Å². The second kappa shape index (κ2) is 9.89. The highest BCUT2D eigenvalue weighted by Crippen LogP contribution is 2.21. The van der Waals surface area contributed by atoms with E-state index in [4.69, 9.17) is 4.42 Å². The standard InChI is InChI=1S/C22H20BrN3O4/c1-14(27)24-19(15-4-6-16(23)7-5-15)13-21(28)25-17-8-10-18(11-9-17)26-22(29)20-3-2-12-30-20/h2-12,19H,13H2,1H3,(H,24,27)(H,25,28)(H,26,29). The zero-order valence-corrected chi connectivity index (χ0v) is 17.7. The summed E-state index contributed by atoms with van der Waals surface area (Å²) in [6.07, 6.45) is 1.51. The molecule has 7 nitrogen and oxygen atoms in total. The molecule has 0 aliphatic carbocycles. The van der Waals surface area contributed by atoms with Gasteiger partial charge in [0, 0.05) is 22.8 Å². The Labute approximate surface area is 182 Å². The molecule has 1 aromatic heterocycles. The Hall–Kier alpha value is -3.39. The predicted octanol–water partition coefficient (Wildman–Crippen LogP) is 4.50. The van der Waals surface area contributed by atoms with Crippen molar-refractivity contribution in [1.82, 2.24) is 5.32 Å². The molecule has 0 aliphatic rings. The third-order valence-corrected chi connectivity index (χ3v) is 4.74. The molecule has 30 heavy (non-hydrogen) atoms. The Bertz CT molecular complexity index is 1020. The third kappa shape index (κ3) is 6.05. The van der Waals surface area contributed by atoms with Crippen molar-refractivity contribution in [1.29, 1.82) is 0 Å². The number of anilines is 2. The van der Waals surface area contributed by atoms with Crippen LogP contribution in [-0.4, -0.2) is 17.7 Å². The summed E-state index contributed by atoms with van der Waals surface area (Å²) in [4.78, 5) is 36.1. The maximum absolute atomic E-state index is 12.5. The molecule has 3 aromatic rings. The van der Waals surface area contributed by atoms with Crippen molar-refractivity contribution in [2.45, 2.75) is 19.4 Å². The number of amides is 3. The van der Waals surface area contributed by atoms with Gasteiger partial charge in [0.1, 0.15) is 0 Å². The van der Waals surface area contributed by atoms with Gasteiger partial charge in [-0.1, -0.05) is 28.1 Å². The lowest BCUT2D eigenvalue weighted by atomic mass is 10.0. The van der Waals surface area contributed by atoms with Crippen LogP contribution in [0, 0.1) is 0 Å². The lowest BCUT2D eigenvalue weighted by Crippen LogP contribution is -2.29. The molecule has 2 aromatic carbocycles. The van der Waals surface area contributed by atoms with Crippen LogP contribution in [0.5, 0.6) is 0 Å². The minimum Gasteiger partial charge on any atom is -0.459 e. The largest absolute Gasteiger partial charge is 0.459 e. The molecule has 1 unspecified atom stereocenters. The highest BCUT2D eigenvalue weighted by Gasteiger charge is 2.17. The molecule has 154 valence electrons. The second-order valence-electron chi connectivity index (χ2n) is 6.57. The van der Waals surface area contributed by atoms with Gasteiger partial charge >= 0.3 is 0 Å². The fourth-order valence-electron chi connectivity index (χ4n) is 2.83. The van der Waals surface area contributed by atoms with Crippen LogP contribution in [0.2, 0.25) is 0 Å². The summed E-state index contributed by atoms with van der Waals surface area (Å²) in [5.41, 5.74) is 1.98. The van der Waals surface area contributed by atoms with Crippen LogP contribution >= 0.6 is 15.9 Å². The molecule has 0 saturated carbocycles. The van der Waals surface area contributed by atoms with Gasteiger partial charge in [-0.05, 0) is 54.1 Å². The Kier molecular flexibility index (Phi) is 7.03. The molecule has 3 rings (SSSR count). The summed E-state index contributed by atoms with van der Waals surface area (Å²) in [5.74, 6) is -0.606. The fraction of sp³-hybridized carbons (Fsp3) is 0.136. The molecule has 0 aliphatic heterocycles. The highest BCUT2D eigenvalue weighted by atomic mass is 79.9. The average molecular weight is 470 g/mol. The van der Waals surface area contributed by atoms with Gasteiger partial charge in [-0.3, -0.25) is 14.4 Å². The van der Waals surface area contributed by atoms with Gasteiger partial charge in [-0.2, -0.15) is 0 Å². The van der Waals surface area contributed by atoms with Crippen LogP contribution in [0.3, 0.4) is 0 Å². The van der Waals surface area contributed by atoms with E-state index in [-0.39, 0.29) is 29.9 Å². The molecule has 0 spiro atoms. The Morgan fingerprint density at radius 3 is 2.13 bits per heavy atom. The van der Waals surface area contributed by atoms with E-state index in [2.05, 4.69) is 31.9 Å². The molecule has 0 fully saturated rings. The van der Waals surface area contributed by atoms with E-state index in [1.165, 1.54) is 13.2 Å². The van der Waals surface area contributed by atoms with Crippen LogP contribution in [0.1, 0.15) is 35.5 Å². The van der Waals surface area contributed by atoms with Crippen LogP contribution < -0.4 is 16.0 Å². The molecule has 0 radical (unpaired) electrons. The maximum Gasteiger partial charge on any atom is 0.291 e. The third-order valence-electron chi connectivity index (χ3n) is 4.21. The van der Waals surface area contributed by atoms with Gasteiger partial charge in [-0.25, -0.2) is 0 Å². The van der Waals surface area contributed by atoms with E-state index in [1.807, 2.05) is 24.3 Å². The van der Waals surface area contributed by atoms with Crippen molar-refractivity contribution in [2.75, 3.05) is 10.6 Å². The van der Waals surface area contributed by atoms with Gasteiger partial charge in [-0.15, -0.1) is 0 Å². The monoisotopic (exact) mass is 469 g/mol. The molecule has 0 bridgehead atoms. The summed E-state index contributed by atoms with van der Waals surface area (Å²) in [6.45, 7) is 1.42. The number of rotatable bonds is 7. The van der Waals surface area contributed by atoms with E-state index in [0.717, 1.165) is 10.0 Å². The lowest BCUT2D eigenvalue weighted by molar-refractivity contribution is -0.120. The van der Waals surface area contributed by atoms with Crippen LogP contribution in [-0.2, 0) is 9.59 Å². The topological polar surface area (TPSA) is 100 Å². The SMILES string of the molecule is CC(=O)NC(CC(=O)Nc1ccc(NC(=O)c2ccco2)cc1)c1ccc(Br)cc1. The molecule has 3 N–H and O–H groups in total. The zero-order chi connectivity index (χ0) is 21.5. The molecule has 0 saturated heterocycles. The van der Waals surface area contributed by atoms with E-state index in [9.17, 15) is 14.4 Å². The number of carbonyl (C=O) groups is 3. The van der Waals surface area contributed by atoms with E-state index >= 15 is 0 Å². The average Bonchev–Trinajstić information content (AvgIpc) is 3.24. The summed E-state index contributed by atoms with van der Waals surface area (Å²) >= 11 is 3.37. The lowest BCUT2D eigenvalue weighted by Gasteiger charge is -2.18. The normalized spacial score (nSPS) is 11.4. The molecule has 1 heterocycles. The smallest absolute Gasteiger partial charge is 0.291 e. The predicted molar refractivity (Wildman–Crippen MR) is 117 cm³/mol. The number of carbonyl (C=O) groups excluding carboxylic acids is 3. The van der Waals surface area contributed by atoms with Crippen LogP contribution in [0.25, 0.3) is 0 Å². The first-order chi connectivity index (χ1) is 14.4. The van der Waals surface area contributed by atoms with Gasteiger partial charge < -0.3 is 20.4 Å². The molecule has 8 heteroatoms. The van der Waals surface area contributed by atoms with Crippen molar-refractivity contribution < 1.29 is 18.8 Å². The first kappa shape index (κ1) is 21.3. The summed E-state index contributed by atoms with van der Waals surface area (Å²) < 4.78 is 5.96. The zero-order valence-electron chi connectivity index (χ0n) is 16.1. The summed E-state index contributed by atoms with van der Waals surface area (Å²) in [7, 11) is 0. The Morgan fingerprint density at radius 2 is 1.57 bits per heavy atom. The van der Waals surface area contributed by atoms with Gasteiger partial charge in [0.2, 0.25) is 11.8 Å². The number of halogens is 1. The highest BCUT2D eigenvalue weighted by molar-refractivity contribution is 9.10. The quantitative estimate of drug-likeness (QED) is 0.474. The van der Waals surface area contributed by atoms with E-state index in [1.54, 1.807) is 36.4 Å². The first-order valence-corrected chi connectivity index (χ1v) is 9.97. The molecular formula is C22H20BrN3O4. The minimum atomic E-state index is -0.442. The number of hydrogen-bond donors (Lipinski definition) is 3.